The Labute approximate surface area is 357 Å². The normalized spacial score (nSPS) is 19.7. The molecule has 4 aromatic carbocycles. The maximum atomic E-state index is 15.6. The molecule has 8 heteroatoms. The summed E-state index contributed by atoms with van der Waals surface area (Å²) in [6, 6.07) is 41.9. The number of aromatic nitrogens is 1. The van der Waals surface area contributed by atoms with Crippen LogP contribution < -0.4 is 15.9 Å². The molecular weight excluding hydrogens is 776 g/mol. The highest BCUT2D eigenvalue weighted by atomic mass is 31.2. The SMILES string of the molecule is C=CCOC(=O)C(N1C(=O)[C@@H]([C@@H](C)[Si](C)(C)C(C)(C)C)[C@H]1[C@H]1CCC/C(=C\c2cccc(-c3ccncc3)c2)C1=O)=P(c1ccccc1)(c1ccccc1)c1ccccc1. The zero-order chi connectivity index (χ0) is 42.7. The molecule has 1 aliphatic heterocycles. The number of Topliss-reactive ketones (excluding diaryl/α,β-unsaturated/α-hetero) is 1. The van der Waals surface area contributed by atoms with Gasteiger partial charge in [0.1, 0.15) is 12.0 Å². The van der Waals surface area contributed by atoms with Crippen molar-refractivity contribution >= 4 is 60.0 Å². The number of ketones is 1. The third-order valence-electron chi connectivity index (χ3n) is 13.6. The molecule has 2 fully saturated rings. The fourth-order valence-corrected chi connectivity index (χ4v) is 16.2. The maximum Gasteiger partial charge on any atom is 0.356 e. The first-order valence-electron chi connectivity index (χ1n) is 21.1. The van der Waals surface area contributed by atoms with Gasteiger partial charge in [-0.15, -0.1) is 0 Å². The summed E-state index contributed by atoms with van der Waals surface area (Å²) < 4.78 is 6.10. The molecular formula is C52H57N2O4PSi. The van der Waals surface area contributed by atoms with Crippen molar-refractivity contribution in [2.75, 3.05) is 6.61 Å². The Morgan fingerprint density at radius 2 is 1.42 bits per heavy atom. The first-order chi connectivity index (χ1) is 28.8. The van der Waals surface area contributed by atoms with Gasteiger partial charge in [0.05, 0.1) is 20.0 Å². The minimum absolute atomic E-state index is 0.00815. The van der Waals surface area contributed by atoms with E-state index in [1.54, 1.807) is 23.4 Å². The van der Waals surface area contributed by atoms with Crippen LogP contribution in [0.1, 0.15) is 52.5 Å². The Bertz CT molecular complexity index is 2340. The van der Waals surface area contributed by atoms with Crippen LogP contribution in [-0.2, 0) is 19.1 Å². The number of nitrogens with zero attached hydrogens (tertiary/aromatic N) is 2. The van der Waals surface area contributed by atoms with Gasteiger partial charge < -0.3 is 9.64 Å². The molecule has 308 valence electrons. The van der Waals surface area contributed by atoms with Crippen LogP contribution in [0.15, 0.2) is 158 Å². The lowest BCUT2D eigenvalue weighted by Gasteiger charge is -2.58. The van der Waals surface area contributed by atoms with Crippen LogP contribution in [0.3, 0.4) is 0 Å². The highest BCUT2D eigenvalue weighted by Gasteiger charge is 2.62. The molecule has 2 aliphatic rings. The number of β-lactam (4-membered cyclic amide) rings is 1. The molecule has 2 heterocycles. The van der Waals surface area contributed by atoms with Crippen LogP contribution in [0.2, 0.25) is 23.7 Å². The Kier molecular flexibility index (Phi) is 12.6. The molecule has 1 aliphatic carbocycles. The van der Waals surface area contributed by atoms with Crippen molar-refractivity contribution in [1.82, 2.24) is 9.88 Å². The molecule has 0 spiro atoms. The number of carbonyl (C=O) groups excluding carboxylic acids is 3. The van der Waals surface area contributed by atoms with Crippen LogP contribution in [0.5, 0.6) is 0 Å². The van der Waals surface area contributed by atoms with Crippen molar-refractivity contribution in [3.63, 3.8) is 0 Å². The van der Waals surface area contributed by atoms with Gasteiger partial charge in [-0.3, -0.25) is 14.6 Å². The molecule has 0 radical (unpaired) electrons. The molecule has 60 heavy (non-hydrogen) atoms. The van der Waals surface area contributed by atoms with E-state index >= 15 is 14.4 Å². The third-order valence-corrected chi connectivity index (χ3v) is 24.3. The number of allylic oxidation sites excluding steroid dienone is 1. The topological polar surface area (TPSA) is 76.6 Å². The lowest BCUT2D eigenvalue weighted by molar-refractivity contribution is -0.156. The Morgan fingerprint density at radius 3 is 1.95 bits per heavy atom. The van der Waals surface area contributed by atoms with E-state index in [2.05, 4.69) is 101 Å². The predicted molar refractivity (Wildman–Crippen MR) is 252 cm³/mol. The Hall–Kier alpha value is -5.36. The minimum atomic E-state index is -3.17. The van der Waals surface area contributed by atoms with Gasteiger partial charge in [0.2, 0.25) is 5.91 Å². The van der Waals surface area contributed by atoms with Crippen molar-refractivity contribution in [1.29, 1.82) is 0 Å². The second kappa shape index (κ2) is 17.7. The second-order valence-electron chi connectivity index (χ2n) is 17.8. The van der Waals surface area contributed by atoms with Gasteiger partial charge in [-0.05, 0) is 92.3 Å². The minimum Gasteiger partial charge on any atom is -0.457 e. The van der Waals surface area contributed by atoms with E-state index in [0.717, 1.165) is 44.6 Å². The standard InChI is InChI=1S/C52H57N2O4PSi/c1-8-34-58-51(57)50(59(42-23-12-9-13-24-42,43-25-14-10-15-26-43)44-27-16-11-17-28-44)54-47(46(49(54)56)37(2)60(6,7)52(3,4)5)45-29-19-22-41(48(45)55)36-38-20-18-21-40(35-38)39-30-32-53-33-31-39/h8-18,20-21,23-28,30-33,35-37,45-47H,1,19,22,29,34H2,2-7H3/b41-36+/t37-,45-,46+,47-/m1/s1. The number of hydrogen-bond donors (Lipinski definition) is 0. The predicted octanol–water partition coefficient (Wildman–Crippen LogP) is 10.1. The monoisotopic (exact) mass is 832 g/mol. The van der Waals surface area contributed by atoms with Crippen molar-refractivity contribution < 1.29 is 19.1 Å². The number of esters is 1. The van der Waals surface area contributed by atoms with Crippen molar-refractivity contribution in [2.45, 2.75) is 76.7 Å². The van der Waals surface area contributed by atoms with Crippen LogP contribution >= 0.6 is 6.89 Å². The molecule has 6 nitrogen and oxygen atoms in total. The number of amides is 1. The van der Waals surface area contributed by atoms with Crippen molar-refractivity contribution in [2.24, 2.45) is 11.8 Å². The van der Waals surface area contributed by atoms with E-state index in [-0.39, 0.29) is 28.9 Å². The average molecular weight is 833 g/mol. The molecule has 1 aromatic heterocycles. The average Bonchev–Trinajstić information content (AvgIpc) is 3.26. The van der Waals surface area contributed by atoms with Gasteiger partial charge in [0.25, 0.3) is 0 Å². The van der Waals surface area contributed by atoms with E-state index in [1.807, 2.05) is 84.9 Å². The fourth-order valence-electron chi connectivity index (χ4n) is 9.24. The maximum absolute atomic E-state index is 15.6. The Morgan fingerprint density at radius 1 is 0.850 bits per heavy atom. The first kappa shape index (κ1) is 42.8. The molecule has 0 N–H and O–H groups in total. The summed E-state index contributed by atoms with van der Waals surface area (Å²) in [5, 5.41) is 2.74. The van der Waals surface area contributed by atoms with E-state index in [4.69, 9.17) is 4.74 Å². The molecule has 7 rings (SSSR count). The summed E-state index contributed by atoms with van der Waals surface area (Å²) in [5.74, 6) is -1.60. The number of carbonyl (C=O) groups is 3. The zero-order valence-electron chi connectivity index (χ0n) is 35.8. The van der Waals surface area contributed by atoms with Crippen molar-refractivity contribution in [3.8, 4) is 11.1 Å². The summed E-state index contributed by atoms with van der Waals surface area (Å²) in [6.45, 7) is 14.5. The number of rotatable bonds is 12. The number of pyridine rings is 1. The number of benzene rings is 4. The van der Waals surface area contributed by atoms with Gasteiger partial charge in [-0.2, -0.15) is 0 Å². The Balaban J connectivity index is 1.49. The van der Waals surface area contributed by atoms with E-state index in [9.17, 15) is 0 Å². The van der Waals surface area contributed by atoms with Crippen LogP contribution in [0.25, 0.3) is 17.2 Å². The smallest absolute Gasteiger partial charge is 0.356 e. The molecule has 4 atom stereocenters. The summed E-state index contributed by atoms with van der Waals surface area (Å²) >= 11 is 0. The van der Waals surface area contributed by atoms with Crippen LogP contribution in [0.4, 0.5) is 0 Å². The summed E-state index contributed by atoms with van der Waals surface area (Å²) in [4.78, 5) is 52.1. The first-order valence-corrected chi connectivity index (χ1v) is 26.0. The summed E-state index contributed by atoms with van der Waals surface area (Å²) in [5.41, 5.74) is 4.12. The molecule has 1 saturated carbocycles. The molecule has 1 saturated heterocycles. The van der Waals surface area contributed by atoms with Crippen LogP contribution in [-0.4, -0.2) is 53.7 Å². The molecule has 1 amide bonds. The van der Waals surface area contributed by atoms with E-state index in [1.165, 1.54) is 0 Å². The van der Waals surface area contributed by atoms with Gasteiger partial charge >= 0.3 is 5.97 Å². The molecule has 0 unspecified atom stereocenters. The quantitative estimate of drug-likeness (QED) is 0.0313. The van der Waals surface area contributed by atoms with Gasteiger partial charge in [0, 0.05) is 25.2 Å². The van der Waals surface area contributed by atoms with Crippen molar-refractivity contribution in [3.05, 3.63) is 164 Å². The zero-order valence-corrected chi connectivity index (χ0v) is 37.6. The lowest BCUT2D eigenvalue weighted by atomic mass is 9.69. The number of likely N-dealkylation sites (tertiary alicyclic amines) is 1. The molecule has 5 aromatic rings. The highest BCUT2D eigenvalue weighted by Crippen LogP contribution is 2.56. The largest absolute Gasteiger partial charge is 0.457 e. The number of hydrogen-bond acceptors (Lipinski definition) is 5. The van der Waals surface area contributed by atoms with Gasteiger partial charge in [0.15, 0.2) is 5.78 Å². The van der Waals surface area contributed by atoms with E-state index < -0.39 is 38.8 Å². The second-order valence-corrected chi connectivity index (χ2v) is 26.9. The molecule has 0 bridgehead atoms. The van der Waals surface area contributed by atoms with Gasteiger partial charge in [-0.1, -0.05) is 163 Å². The third kappa shape index (κ3) is 7.86. The summed E-state index contributed by atoms with van der Waals surface area (Å²) in [7, 11) is -2.18. The lowest BCUT2D eigenvalue weighted by Crippen LogP contribution is -2.71. The van der Waals surface area contributed by atoms with E-state index in [0.29, 0.717) is 18.3 Å². The number of ether oxygens (including phenoxy) is 1. The van der Waals surface area contributed by atoms with Crippen LogP contribution in [0, 0.1) is 11.8 Å². The highest BCUT2D eigenvalue weighted by molar-refractivity contribution is 7.96. The fraction of sp³-hybridized carbons (Fsp3) is 0.288. The van der Waals surface area contributed by atoms with Gasteiger partial charge in [-0.25, -0.2) is 4.79 Å². The summed E-state index contributed by atoms with van der Waals surface area (Å²) in [6.07, 6.45) is 9.21.